The van der Waals surface area contributed by atoms with Gasteiger partial charge >= 0.3 is 5.97 Å². The van der Waals surface area contributed by atoms with Gasteiger partial charge in [0.2, 0.25) is 0 Å². The SMILES string of the molecule is N#CCC=Cc1cc(Cl)ccc1CC(=O)O. The first-order valence-corrected chi connectivity index (χ1v) is 5.05. The molecule has 0 unspecified atom stereocenters. The summed E-state index contributed by atoms with van der Waals surface area (Å²) in [6.45, 7) is 0. The highest BCUT2D eigenvalue weighted by atomic mass is 35.5. The van der Waals surface area contributed by atoms with Crippen LogP contribution in [0.25, 0.3) is 6.08 Å². The maximum atomic E-state index is 10.6. The summed E-state index contributed by atoms with van der Waals surface area (Å²) in [6, 6.07) is 7.00. The lowest BCUT2D eigenvalue weighted by Gasteiger charge is -2.03. The molecule has 82 valence electrons. The number of nitriles is 1. The molecule has 0 atom stereocenters. The third-order valence-corrected chi connectivity index (χ3v) is 2.19. The van der Waals surface area contributed by atoms with E-state index in [1.807, 2.05) is 6.07 Å². The van der Waals surface area contributed by atoms with Crippen molar-refractivity contribution in [3.05, 3.63) is 40.4 Å². The van der Waals surface area contributed by atoms with E-state index in [1.165, 1.54) is 0 Å². The first-order chi connectivity index (χ1) is 7.63. The van der Waals surface area contributed by atoms with E-state index in [1.54, 1.807) is 30.4 Å². The van der Waals surface area contributed by atoms with Gasteiger partial charge in [-0.15, -0.1) is 0 Å². The van der Waals surface area contributed by atoms with Gasteiger partial charge in [0.25, 0.3) is 0 Å². The Bertz CT molecular complexity index is 461. The van der Waals surface area contributed by atoms with Crippen molar-refractivity contribution < 1.29 is 9.90 Å². The van der Waals surface area contributed by atoms with Gasteiger partial charge in [-0.05, 0) is 23.3 Å². The molecule has 3 nitrogen and oxygen atoms in total. The van der Waals surface area contributed by atoms with E-state index < -0.39 is 5.97 Å². The topological polar surface area (TPSA) is 61.1 Å². The van der Waals surface area contributed by atoms with Gasteiger partial charge in [-0.2, -0.15) is 5.26 Å². The molecule has 0 radical (unpaired) electrons. The Labute approximate surface area is 98.6 Å². The average molecular weight is 236 g/mol. The van der Waals surface area contributed by atoms with E-state index in [0.717, 1.165) is 5.56 Å². The van der Waals surface area contributed by atoms with Crippen LogP contribution in [0.2, 0.25) is 5.02 Å². The molecule has 0 fully saturated rings. The highest BCUT2D eigenvalue weighted by Gasteiger charge is 2.05. The molecule has 1 N–H and O–H groups in total. The molecule has 0 bridgehead atoms. The molecule has 0 aliphatic rings. The van der Waals surface area contributed by atoms with Crippen molar-refractivity contribution in [1.29, 1.82) is 5.26 Å². The van der Waals surface area contributed by atoms with Gasteiger partial charge in [0.1, 0.15) is 0 Å². The predicted octanol–water partition coefficient (Wildman–Crippen LogP) is 2.89. The Hall–Kier alpha value is -1.79. The minimum atomic E-state index is -0.891. The molecule has 1 rings (SSSR count). The Balaban J connectivity index is 2.99. The summed E-state index contributed by atoms with van der Waals surface area (Å²) < 4.78 is 0. The van der Waals surface area contributed by atoms with E-state index in [-0.39, 0.29) is 6.42 Å². The number of hydrogen-bond acceptors (Lipinski definition) is 2. The lowest BCUT2D eigenvalue weighted by molar-refractivity contribution is -0.136. The van der Waals surface area contributed by atoms with Crippen molar-refractivity contribution >= 4 is 23.6 Å². The van der Waals surface area contributed by atoms with Gasteiger partial charge in [-0.1, -0.05) is 29.8 Å². The molecular formula is C12H10ClNO2. The Morgan fingerprint density at radius 1 is 1.56 bits per heavy atom. The first kappa shape index (κ1) is 12.3. The number of hydrogen-bond donors (Lipinski definition) is 1. The minimum absolute atomic E-state index is 0.0522. The summed E-state index contributed by atoms with van der Waals surface area (Å²) >= 11 is 5.82. The molecule has 1 aromatic carbocycles. The van der Waals surface area contributed by atoms with E-state index >= 15 is 0 Å². The number of nitrogens with zero attached hydrogens (tertiary/aromatic N) is 1. The summed E-state index contributed by atoms with van der Waals surface area (Å²) in [5.41, 5.74) is 1.43. The maximum absolute atomic E-state index is 10.6. The Morgan fingerprint density at radius 3 is 2.94 bits per heavy atom. The van der Waals surface area contributed by atoms with Crippen LogP contribution in [0.15, 0.2) is 24.3 Å². The summed E-state index contributed by atoms with van der Waals surface area (Å²) in [7, 11) is 0. The fraction of sp³-hybridized carbons (Fsp3) is 0.167. The van der Waals surface area contributed by atoms with Crippen LogP contribution in [-0.2, 0) is 11.2 Å². The standard InChI is InChI=1S/C12H10ClNO2/c13-11-5-4-10(8-12(15)16)9(7-11)3-1-2-6-14/h1,3-5,7H,2,8H2,(H,15,16). The van der Waals surface area contributed by atoms with Crippen LogP contribution in [0.5, 0.6) is 0 Å². The number of rotatable bonds is 4. The number of benzene rings is 1. The number of halogens is 1. The molecule has 0 aromatic heterocycles. The van der Waals surface area contributed by atoms with Gasteiger partial charge in [0, 0.05) is 5.02 Å². The summed E-state index contributed by atoms with van der Waals surface area (Å²) in [5.74, 6) is -0.891. The van der Waals surface area contributed by atoms with Crippen molar-refractivity contribution in [2.24, 2.45) is 0 Å². The molecule has 4 heteroatoms. The second-order valence-electron chi connectivity index (χ2n) is 3.18. The smallest absolute Gasteiger partial charge is 0.307 e. The second kappa shape index (κ2) is 5.94. The molecule has 0 saturated carbocycles. The number of carboxylic acid groups (broad SMARTS) is 1. The van der Waals surface area contributed by atoms with Crippen LogP contribution in [0, 0.1) is 11.3 Å². The van der Waals surface area contributed by atoms with Crippen LogP contribution in [0.3, 0.4) is 0 Å². The minimum Gasteiger partial charge on any atom is -0.481 e. The molecule has 0 aliphatic heterocycles. The third kappa shape index (κ3) is 3.76. The van der Waals surface area contributed by atoms with Gasteiger partial charge in [-0.25, -0.2) is 0 Å². The maximum Gasteiger partial charge on any atom is 0.307 e. The van der Waals surface area contributed by atoms with Gasteiger partial charge in [0.15, 0.2) is 0 Å². The second-order valence-corrected chi connectivity index (χ2v) is 3.61. The fourth-order valence-electron chi connectivity index (χ4n) is 1.28. The van der Waals surface area contributed by atoms with Crippen LogP contribution in [0.4, 0.5) is 0 Å². The first-order valence-electron chi connectivity index (χ1n) is 4.67. The Morgan fingerprint density at radius 2 is 2.31 bits per heavy atom. The lowest BCUT2D eigenvalue weighted by atomic mass is 10.0. The molecule has 0 amide bonds. The van der Waals surface area contributed by atoms with Crippen molar-refractivity contribution in [3.63, 3.8) is 0 Å². The highest BCUT2D eigenvalue weighted by molar-refractivity contribution is 6.30. The predicted molar refractivity (Wildman–Crippen MR) is 62.1 cm³/mol. The van der Waals surface area contributed by atoms with Crippen LogP contribution in [0.1, 0.15) is 17.5 Å². The van der Waals surface area contributed by atoms with Crippen LogP contribution >= 0.6 is 11.6 Å². The summed E-state index contributed by atoms with van der Waals surface area (Å²) in [4.78, 5) is 10.6. The van der Waals surface area contributed by atoms with Crippen LogP contribution < -0.4 is 0 Å². The molecule has 0 saturated heterocycles. The lowest BCUT2D eigenvalue weighted by Crippen LogP contribution is -2.01. The molecule has 0 heterocycles. The molecule has 1 aromatic rings. The van der Waals surface area contributed by atoms with E-state index in [2.05, 4.69) is 0 Å². The Kier molecular flexibility index (Phi) is 4.56. The zero-order chi connectivity index (χ0) is 12.0. The number of aliphatic carboxylic acids is 1. The monoisotopic (exact) mass is 235 g/mol. The number of carboxylic acids is 1. The zero-order valence-electron chi connectivity index (χ0n) is 8.48. The quantitative estimate of drug-likeness (QED) is 0.873. The number of carbonyl (C=O) groups is 1. The van der Waals surface area contributed by atoms with E-state index in [9.17, 15) is 4.79 Å². The van der Waals surface area contributed by atoms with Crippen molar-refractivity contribution in [3.8, 4) is 6.07 Å². The van der Waals surface area contributed by atoms with Crippen molar-refractivity contribution in [2.45, 2.75) is 12.8 Å². The van der Waals surface area contributed by atoms with Gasteiger partial charge in [-0.3, -0.25) is 4.79 Å². The fourth-order valence-corrected chi connectivity index (χ4v) is 1.46. The van der Waals surface area contributed by atoms with Crippen LogP contribution in [-0.4, -0.2) is 11.1 Å². The highest BCUT2D eigenvalue weighted by Crippen LogP contribution is 2.18. The molecular weight excluding hydrogens is 226 g/mol. The van der Waals surface area contributed by atoms with Crippen molar-refractivity contribution in [1.82, 2.24) is 0 Å². The van der Waals surface area contributed by atoms with Crippen molar-refractivity contribution in [2.75, 3.05) is 0 Å². The average Bonchev–Trinajstić information content (AvgIpc) is 2.22. The van der Waals surface area contributed by atoms with Gasteiger partial charge < -0.3 is 5.11 Å². The largest absolute Gasteiger partial charge is 0.481 e. The molecule has 0 spiro atoms. The number of allylic oxidation sites excluding steroid dienone is 1. The summed E-state index contributed by atoms with van der Waals surface area (Å²) in [5, 5.41) is 17.7. The molecule has 0 aliphatic carbocycles. The third-order valence-electron chi connectivity index (χ3n) is 1.96. The normalized spacial score (nSPS) is 10.2. The van der Waals surface area contributed by atoms with E-state index in [0.29, 0.717) is 17.0 Å². The summed E-state index contributed by atoms with van der Waals surface area (Å²) in [6.07, 6.45) is 3.63. The molecule has 16 heavy (non-hydrogen) atoms. The van der Waals surface area contributed by atoms with E-state index in [4.69, 9.17) is 22.0 Å². The van der Waals surface area contributed by atoms with Gasteiger partial charge in [0.05, 0.1) is 18.9 Å². The zero-order valence-corrected chi connectivity index (χ0v) is 9.24.